The molecular weight excluding hydrogens is 268 g/mol. The fourth-order valence-corrected chi connectivity index (χ4v) is 4.14. The second kappa shape index (κ2) is 5.78. The summed E-state index contributed by atoms with van der Waals surface area (Å²) in [7, 11) is 0. The minimum Gasteiger partial charge on any atom is -0.338 e. The van der Waals surface area contributed by atoms with Crippen LogP contribution in [-0.4, -0.2) is 42.2 Å². The number of carbonyl (C=O) groups is 1. The summed E-state index contributed by atoms with van der Waals surface area (Å²) < 4.78 is 0. The van der Waals surface area contributed by atoms with Crippen molar-refractivity contribution in [2.24, 2.45) is 11.8 Å². The lowest BCUT2D eigenvalue weighted by Gasteiger charge is -2.19. The van der Waals surface area contributed by atoms with Crippen LogP contribution < -0.4 is 5.32 Å². The fraction of sp³-hybridized carbons (Fsp3) is 0.562. The zero-order valence-electron chi connectivity index (χ0n) is 12.1. The van der Waals surface area contributed by atoms with Gasteiger partial charge < -0.3 is 10.2 Å². The molecule has 0 aliphatic carbocycles. The van der Waals surface area contributed by atoms with E-state index in [1.165, 1.54) is 0 Å². The number of hydrogen-bond donors (Lipinski definition) is 1. The molecule has 1 N–H and O–H groups in total. The van der Waals surface area contributed by atoms with Crippen LogP contribution in [-0.2, 0) is 0 Å². The molecule has 1 amide bonds. The lowest BCUT2D eigenvalue weighted by atomic mass is 10.0. The third-order valence-corrected chi connectivity index (χ3v) is 5.24. The Morgan fingerprint density at radius 2 is 1.90 bits per heavy atom. The maximum atomic E-state index is 12.8. The number of rotatable bonds is 3. The Bertz CT molecular complexity index is 491. The number of likely N-dealkylation sites (tertiary alicyclic amines) is 1. The molecule has 2 aliphatic rings. The van der Waals surface area contributed by atoms with Crippen molar-refractivity contribution in [3.63, 3.8) is 0 Å². The third-order valence-electron chi connectivity index (χ3n) is 4.16. The predicted molar refractivity (Wildman–Crippen MR) is 83.2 cm³/mol. The molecule has 4 heteroatoms. The van der Waals surface area contributed by atoms with Crippen LogP contribution in [0.5, 0.6) is 0 Å². The number of fused-ring (bicyclic) bond motifs is 1. The number of hydrogen-bond acceptors (Lipinski definition) is 3. The lowest BCUT2D eigenvalue weighted by molar-refractivity contribution is 0.0778. The molecule has 0 bridgehead atoms. The van der Waals surface area contributed by atoms with Crippen LogP contribution >= 0.6 is 11.8 Å². The maximum absolute atomic E-state index is 12.8. The zero-order chi connectivity index (χ0) is 14.1. The van der Waals surface area contributed by atoms with E-state index < -0.39 is 0 Å². The van der Waals surface area contributed by atoms with Crippen molar-refractivity contribution in [1.82, 2.24) is 10.2 Å². The van der Waals surface area contributed by atoms with Gasteiger partial charge in [0.15, 0.2) is 0 Å². The molecule has 2 atom stereocenters. The Labute approximate surface area is 125 Å². The molecule has 0 spiro atoms. The van der Waals surface area contributed by atoms with Crippen LogP contribution in [0.2, 0.25) is 0 Å². The molecule has 1 aromatic rings. The number of nitrogens with zero attached hydrogens (tertiary/aromatic N) is 1. The van der Waals surface area contributed by atoms with E-state index in [4.69, 9.17) is 0 Å². The summed E-state index contributed by atoms with van der Waals surface area (Å²) in [5, 5.41) is 3.91. The lowest BCUT2D eigenvalue weighted by Crippen LogP contribution is -2.32. The van der Waals surface area contributed by atoms with Crippen molar-refractivity contribution in [3.05, 3.63) is 29.8 Å². The van der Waals surface area contributed by atoms with Gasteiger partial charge in [0.05, 0.1) is 5.56 Å². The standard InChI is InChI=1S/C16H22N2OS/c1-11(2)20-15-6-4-3-5-14(15)16(19)18-9-12-7-17-8-13(12)10-18/h3-6,11-13,17H,7-10H2,1-2H3/t12-,13+. The van der Waals surface area contributed by atoms with E-state index in [0.717, 1.165) is 36.6 Å². The molecule has 108 valence electrons. The van der Waals surface area contributed by atoms with Crippen LogP contribution in [0.1, 0.15) is 24.2 Å². The Balaban J connectivity index is 1.77. The molecule has 20 heavy (non-hydrogen) atoms. The van der Waals surface area contributed by atoms with Gasteiger partial charge in [0.1, 0.15) is 0 Å². The highest BCUT2D eigenvalue weighted by atomic mass is 32.2. The van der Waals surface area contributed by atoms with E-state index in [1.54, 1.807) is 11.8 Å². The highest BCUT2D eigenvalue weighted by molar-refractivity contribution is 8.00. The Kier molecular flexibility index (Phi) is 4.03. The van der Waals surface area contributed by atoms with E-state index in [-0.39, 0.29) is 5.91 Å². The van der Waals surface area contributed by atoms with E-state index in [1.807, 2.05) is 18.2 Å². The summed E-state index contributed by atoms with van der Waals surface area (Å²) >= 11 is 1.77. The second-order valence-corrected chi connectivity index (χ2v) is 7.67. The van der Waals surface area contributed by atoms with Gasteiger partial charge in [-0.05, 0) is 24.0 Å². The highest BCUT2D eigenvalue weighted by Gasteiger charge is 2.38. The molecule has 2 saturated heterocycles. The van der Waals surface area contributed by atoms with Gasteiger partial charge in [-0.2, -0.15) is 0 Å². The number of carbonyl (C=O) groups excluding carboxylic acids is 1. The van der Waals surface area contributed by atoms with E-state index in [2.05, 4.69) is 30.1 Å². The third kappa shape index (κ3) is 2.72. The molecule has 3 nitrogen and oxygen atoms in total. The number of benzene rings is 1. The van der Waals surface area contributed by atoms with E-state index in [9.17, 15) is 4.79 Å². The van der Waals surface area contributed by atoms with E-state index >= 15 is 0 Å². The first kappa shape index (κ1) is 14.0. The van der Waals surface area contributed by atoms with Crippen LogP contribution in [0.4, 0.5) is 0 Å². The zero-order valence-corrected chi connectivity index (χ0v) is 13.0. The number of thioether (sulfide) groups is 1. The number of amides is 1. The van der Waals surface area contributed by atoms with Gasteiger partial charge in [-0.1, -0.05) is 26.0 Å². The van der Waals surface area contributed by atoms with Gasteiger partial charge in [0, 0.05) is 36.3 Å². The van der Waals surface area contributed by atoms with Gasteiger partial charge in [-0.3, -0.25) is 4.79 Å². The summed E-state index contributed by atoms with van der Waals surface area (Å²) in [6, 6.07) is 8.02. The Morgan fingerprint density at radius 1 is 1.25 bits per heavy atom. The first-order valence-corrected chi connectivity index (χ1v) is 8.29. The Morgan fingerprint density at radius 3 is 2.55 bits per heavy atom. The smallest absolute Gasteiger partial charge is 0.255 e. The summed E-state index contributed by atoms with van der Waals surface area (Å²) in [5.41, 5.74) is 0.874. The largest absolute Gasteiger partial charge is 0.338 e. The average Bonchev–Trinajstić information content (AvgIpc) is 2.98. The second-order valence-electron chi connectivity index (χ2n) is 6.05. The molecule has 3 rings (SSSR count). The first-order chi connectivity index (χ1) is 9.65. The molecule has 0 radical (unpaired) electrons. The van der Waals surface area contributed by atoms with Crippen molar-refractivity contribution < 1.29 is 4.79 Å². The molecule has 1 aromatic carbocycles. The monoisotopic (exact) mass is 290 g/mol. The molecule has 0 unspecified atom stereocenters. The van der Waals surface area contributed by atoms with Gasteiger partial charge in [-0.25, -0.2) is 0 Å². The molecule has 2 aliphatic heterocycles. The van der Waals surface area contributed by atoms with Crippen LogP contribution in [0, 0.1) is 11.8 Å². The summed E-state index contributed by atoms with van der Waals surface area (Å²) in [6.45, 7) is 8.29. The van der Waals surface area contributed by atoms with Crippen LogP contribution in [0.15, 0.2) is 29.2 Å². The van der Waals surface area contributed by atoms with Crippen LogP contribution in [0.3, 0.4) is 0 Å². The number of nitrogens with one attached hydrogen (secondary N) is 1. The van der Waals surface area contributed by atoms with Gasteiger partial charge in [0.25, 0.3) is 5.91 Å². The minimum atomic E-state index is 0.211. The van der Waals surface area contributed by atoms with Gasteiger partial charge in [0.2, 0.25) is 0 Å². The maximum Gasteiger partial charge on any atom is 0.255 e. The van der Waals surface area contributed by atoms with Gasteiger partial charge in [-0.15, -0.1) is 11.8 Å². The molecule has 0 aromatic heterocycles. The van der Waals surface area contributed by atoms with Crippen molar-refractivity contribution in [3.8, 4) is 0 Å². The Hall–Kier alpha value is -1.00. The normalized spacial score (nSPS) is 25.2. The molecule has 0 saturated carbocycles. The molecule has 2 heterocycles. The van der Waals surface area contributed by atoms with Crippen molar-refractivity contribution >= 4 is 17.7 Å². The SMILES string of the molecule is CC(C)Sc1ccccc1C(=O)N1C[C@H]2CNC[C@H]2C1. The van der Waals surface area contributed by atoms with E-state index in [0.29, 0.717) is 17.1 Å². The van der Waals surface area contributed by atoms with Gasteiger partial charge >= 0.3 is 0 Å². The summed E-state index contributed by atoms with van der Waals surface area (Å²) in [4.78, 5) is 15.9. The first-order valence-electron chi connectivity index (χ1n) is 7.41. The van der Waals surface area contributed by atoms with Crippen molar-refractivity contribution in [1.29, 1.82) is 0 Å². The topological polar surface area (TPSA) is 32.3 Å². The summed E-state index contributed by atoms with van der Waals surface area (Å²) in [6.07, 6.45) is 0. The highest BCUT2D eigenvalue weighted by Crippen LogP contribution is 2.31. The summed E-state index contributed by atoms with van der Waals surface area (Å²) in [5.74, 6) is 1.52. The van der Waals surface area contributed by atoms with Crippen molar-refractivity contribution in [2.75, 3.05) is 26.2 Å². The molecule has 2 fully saturated rings. The van der Waals surface area contributed by atoms with Crippen molar-refractivity contribution in [2.45, 2.75) is 24.0 Å². The predicted octanol–water partition coefficient (Wildman–Crippen LogP) is 2.48. The minimum absolute atomic E-state index is 0.211. The fourth-order valence-electron chi connectivity index (χ4n) is 3.19. The molecular formula is C16H22N2OS. The quantitative estimate of drug-likeness (QED) is 0.868. The average molecular weight is 290 g/mol. The van der Waals surface area contributed by atoms with Crippen LogP contribution in [0.25, 0.3) is 0 Å².